The zero-order chi connectivity index (χ0) is 22.4. The van der Waals surface area contributed by atoms with E-state index in [1.54, 1.807) is 18.2 Å². The van der Waals surface area contributed by atoms with E-state index in [2.05, 4.69) is 10.5 Å². The first-order chi connectivity index (χ1) is 14.7. The average Bonchev–Trinajstić information content (AvgIpc) is 2.68. The summed E-state index contributed by atoms with van der Waals surface area (Å²) in [5.41, 5.74) is 2.69. The second kappa shape index (κ2) is 9.79. The summed E-state index contributed by atoms with van der Waals surface area (Å²) in [6, 6.07) is 12.2. The van der Waals surface area contributed by atoms with E-state index in [0.717, 1.165) is 28.1 Å². The second-order valence-electron chi connectivity index (χ2n) is 6.69. The predicted octanol–water partition coefficient (Wildman–Crippen LogP) is 2.01. The number of nitro benzene ring substituents is 1. The lowest BCUT2D eigenvalue weighted by Gasteiger charge is -2.25. The van der Waals surface area contributed by atoms with Crippen LogP contribution in [0.1, 0.15) is 5.56 Å². The predicted molar refractivity (Wildman–Crippen MR) is 119 cm³/mol. The van der Waals surface area contributed by atoms with Gasteiger partial charge in [-0.15, -0.1) is 0 Å². The van der Waals surface area contributed by atoms with Gasteiger partial charge in [0.05, 0.1) is 23.1 Å². The van der Waals surface area contributed by atoms with Crippen LogP contribution < -0.4 is 14.5 Å². The molecule has 0 atom stereocenters. The van der Waals surface area contributed by atoms with E-state index in [1.807, 2.05) is 17.8 Å². The summed E-state index contributed by atoms with van der Waals surface area (Å²) in [6.45, 7) is -0.583. The third-order valence-corrected chi connectivity index (χ3v) is 6.54. The van der Waals surface area contributed by atoms with Crippen LogP contribution in [0.3, 0.4) is 0 Å². The number of ether oxygens (including phenoxy) is 1. The monoisotopic (exact) mass is 464 g/mol. The molecule has 0 aliphatic carbocycles. The van der Waals surface area contributed by atoms with Crippen LogP contribution in [-0.2, 0) is 14.8 Å². The molecule has 10 nitrogen and oxygen atoms in total. The molecule has 2 aromatic carbocycles. The van der Waals surface area contributed by atoms with Crippen LogP contribution in [0.2, 0.25) is 0 Å². The minimum Gasteiger partial charge on any atom is -0.489 e. The Kier molecular flexibility index (Phi) is 7.13. The average molecular weight is 465 g/mol. The van der Waals surface area contributed by atoms with Crippen molar-refractivity contribution in [3.8, 4) is 5.75 Å². The molecule has 3 rings (SSSR count). The molecule has 0 bridgehead atoms. The van der Waals surface area contributed by atoms with Gasteiger partial charge in [0.1, 0.15) is 18.4 Å². The lowest BCUT2D eigenvalue weighted by atomic mass is 10.2. The highest BCUT2D eigenvalue weighted by molar-refractivity contribution is 8.00. The van der Waals surface area contributed by atoms with Crippen molar-refractivity contribution in [3.05, 3.63) is 64.2 Å². The summed E-state index contributed by atoms with van der Waals surface area (Å²) in [6.07, 6.45) is 2.53. The first-order valence-electron chi connectivity index (χ1n) is 9.11. The molecular weight excluding hydrogens is 444 g/mol. The smallest absolute Gasteiger partial charge is 0.271 e. The highest BCUT2D eigenvalue weighted by Crippen LogP contribution is 2.24. The molecular formula is C19H20N4O6S2. The highest BCUT2D eigenvalue weighted by Gasteiger charge is 2.22. The van der Waals surface area contributed by atoms with E-state index < -0.39 is 27.4 Å². The van der Waals surface area contributed by atoms with Crippen LogP contribution in [0.25, 0.3) is 0 Å². The normalized spacial score (nSPS) is 14.1. The van der Waals surface area contributed by atoms with Crippen molar-refractivity contribution in [3.63, 3.8) is 0 Å². The number of nitro groups is 1. The van der Waals surface area contributed by atoms with E-state index >= 15 is 0 Å². The van der Waals surface area contributed by atoms with E-state index in [1.165, 1.54) is 24.4 Å². The Bertz CT molecular complexity index is 1100. The van der Waals surface area contributed by atoms with Crippen molar-refractivity contribution in [1.29, 1.82) is 0 Å². The minimum atomic E-state index is -3.87. The molecule has 12 heteroatoms. The number of sulfonamides is 1. The van der Waals surface area contributed by atoms with Gasteiger partial charge in [-0.25, -0.2) is 13.8 Å². The summed E-state index contributed by atoms with van der Waals surface area (Å²) in [7, 11) is -3.87. The zero-order valence-corrected chi connectivity index (χ0v) is 18.1. The minimum absolute atomic E-state index is 0.00911. The molecule has 1 N–H and O–H groups in total. The number of carbonyl (C=O) groups excluding carboxylic acids is 1. The van der Waals surface area contributed by atoms with E-state index in [9.17, 15) is 23.3 Å². The van der Waals surface area contributed by atoms with Gasteiger partial charge in [0, 0.05) is 23.6 Å². The molecule has 0 radical (unpaired) electrons. The molecule has 0 aromatic heterocycles. The third-order valence-electron chi connectivity index (χ3n) is 4.19. The number of nitrogens with one attached hydrogen (secondary N) is 1. The summed E-state index contributed by atoms with van der Waals surface area (Å²) < 4.78 is 30.8. The summed E-state index contributed by atoms with van der Waals surface area (Å²) in [5.74, 6) is 1.91. The molecule has 1 aliphatic rings. The van der Waals surface area contributed by atoms with Gasteiger partial charge in [-0.05, 0) is 23.8 Å². The van der Waals surface area contributed by atoms with Gasteiger partial charge in [0.2, 0.25) is 10.0 Å². The molecule has 31 heavy (non-hydrogen) atoms. The molecule has 0 unspecified atom stereocenters. The number of carbonyl (C=O) groups is 1. The topological polar surface area (TPSA) is 131 Å². The van der Waals surface area contributed by atoms with Crippen LogP contribution in [0, 0.1) is 10.1 Å². The van der Waals surface area contributed by atoms with Gasteiger partial charge in [-0.3, -0.25) is 19.2 Å². The fourth-order valence-corrected chi connectivity index (χ4v) is 4.06. The zero-order valence-electron chi connectivity index (χ0n) is 16.5. The van der Waals surface area contributed by atoms with Crippen LogP contribution in [0.4, 0.5) is 11.4 Å². The fourth-order valence-electron chi connectivity index (χ4n) is 2.65. The quantitative estimate of drug-likeness (QED) is 0.341. The van der Waals surface area contributed by atoms with Gasteiger partial charge in [0.25, 0.3) is 11.6 Å². The number of benzene rings is 2. The number of non-ortho nitro benzene ring substituents is 1. The van der Waals surface area contributed by atoms with Crippen LogP contribution in [0.5, 0.6) is 5.75 Å². The molecule has 1 heterocycles. The lowest BCUT2D eigenvalue weighted by molar-refractivity contribution is -0.384. The molecule has 0 saturated carbocycles. The number of anilines is 1. The van der Waals surface area contributed by atoms with Gasteiger partial charge in [0.15, 0.2) is 0 Å². The summed E-state index contributed by atoms with van der Waals surface area (Å²) in [4.78, 5) is 22.6. The van der Waals surface area contributed by atoms with Crippen molar-refractivity contribution in [2.75, 3.05) is 28.6 Å². The van der Waals surface area contributed by atoms with Crippen molar-refractivity contribution in [2.24, 2.45) is 5.10 Å². The number of amides is 1. The molecule has 1 aliphatic heterocycles. The molecule has 1 fully saturated rings. The van der Waals surface area contributed by atoms with Gasteiger partial charge in [-0.2, -0.15) is 16.9 Å². The molecule has 0 spiro atoms. The van der Waals surface area contributed by atoms with Gasteiger partial charge >= 0.3 is 0 Å². The Hall–Kier alpha value is -3.12. The number of nitrogens with zero attached hydrogens (tertiary/aromatic N) is 3. The number of rotatable bonds is 9. The van der Waals surface area contributed by atoms with Gasteiger partial charge in [-0.1, -0.05) is 18.2 Å². The lowest BCUT2D eigenvalue weighted by Crippen LogP contribution is -2.39. The highest BCUT2D eigenvalue weighted by atomic mass is 32.2. The standard InChI is InChI=1S/C19H20N4O6S2/c1-31(27,28)22(15-5-3-6-16(9-15)23(25)26)11-19(24)21-20-10-14-4-2-7-17(8-14)29-18-12-30-13-18/h2-10,18H,11-13H2,1H3,(H,21,24)/b20-10-. The maximum atomic E-state index is 12.2. The Labute approximate surface area is 183 Å². The second-order valence-corrected chi connectivity index (χ2v) is 9.67. The van der Waals surface area contributed by atoms with Crippen molar-refractivity contribution in [1.82, 2.24) is 5.43 Å². The van der Waals surface area contributed by atoms with E-state index in [4.69, 9.17) is 4.74 Å². The Morgan fingerprint density at radius 1 is 1.32 bits per heavy atom. The molecule has 2 aromatic rings. The largest absolute Gasteiger partial charge is 0.489 e. The maximum Gasteiger partial charge on any atom is 0.271 e. The Morgan fingerprint density at radius 2 is 2.06 bits per heavy atom. The number of hydrogen-bond donors (Lipinski definition) is 1. The maximum absolute atomic E-state index is 12.2. The third kappa shape index (κ3) is 6.43. The number of hydrazone groups is 1. The van der Waals surface area contributed by atoms with Crippen molar-refractivity contribution in [2.45, 2.75) is 6.10 Å². The first-order valence-corrected chi connectivity index (χ1v) is 12.1. The number of thioether (sulfide) groups is 1. The van der Waals surface area contributed by atoms with Crippen molar-refractivity contribution >= 4 is 45.3 Å². The van der Waals surface area contributed by atoms with Gasteiger partial charge < -0.3 is 4.74 Å². The summed E-state index contributed by atoms with van der Waals surface area (Å²) in [5, 5.41) is 14.8. The molecule has 1 saturated heterocycles. The van der Waals surface area contributed by atoms with Crippen LogP contribution >= 0.6 is 11.8 Å². The number of hydrogen-bond acceptors (Lipinski definition) is 8. The molecule has 1 amide bonds. The van der Waals surface area contributed by atoms with Crippen LogP contribution in [-0.4, -0.2) is 55.9 Å². The Balaban J connectivity index is 1.64. The summed E-state index contributed by atoms with van der Waals surface area (Å²) >= 11 is 1.81. The Morgan fingerprint density at radius 3 is 2.71 bits per heavy atom. The van der Waals surface area contributed by atoms with Crippen molar-refractivity contribution < 1.29 is 22.9 Å². The van der Waals surface area contributed by atoms with E-state index in [0.29, 0.717) is 11.3 Å². The molecule has 164 valence electrons. The van der Waals surface area contributed by atoms with Crippen LogP contribution in [0.15, 0.2) is 53.6 Å². The fraction of sp³-hybridized carbons (Fsp3) is 0.263. The SMILES string of the molecule is CS(=O)(=O)N(CC(=O)N/N=C\c1cccc(OC2CSC2)c1)c1cccc([N+](=O)[O-])c1. The van der Waals surface area contributed by atoms with E-state index in [-0.39, 0.29) is 17.5 Å². The first kappa shape index (κ1) is 22.6.